The first-order valence-corrected chi connectivity index (χ1v) is 7.22. The van der Waals surface area contributed by atoms with E-state index in [2.05, 4.69) is 67.4 Å². The molecule has 0 amide bonds. The molecule has 2 aromatic carbocycles. The third-order valence-electron chi connectivity index (χ3n) is 3.53. The molecule has 0 fully saturated rings. The van der Waals surface area contributed by atoms with Crippen LogP contribution in [0.1, 0.15) is 18.1 Å². The third kappa shape index (κ3) is 4.76. The van der Waals surface area contributed by atoms with Gasteiger partial charge in [-0.1, -0.05) is 48.5 Å². The van der Waals surface area contributed by atoms with Crippen LogP contribution in [-0.2, 0) is 6.54 Å². The number of likely N-dealkylation sites (N-methyl/N-ethyl adjacent to an activating group) is 1. The van der Waals surface area contributed by atoms with Crippen molar-refractivity contribution in [1.29, 1.82) is 0 Å². The molecule has 0 radical (unpaired) electrons. The Bertz CT molecular complexity index is 590. The molecule has 0 N–H and O–H groups in total. The molecule has 0 aliphatic rings. The largest absolute Gasteiger partial charge is 0.497 e. The molecule has 2 heteroatoms. The van der Waals surface area contributed by atoms with Gasteiger partial charge in [-0.2, -0.15) is 0 Å². The maximum Gasteiger partial charge on any atom is 0.119 e. The molecule has 0 saturated heterocycles. The Hall–Kier alpha value is -2.06. The van der Waals surface area contributed by atoms with Crippen LogP contribution in [0.2, 0.25) is 0 Å². The number of ether oxygens (including phenoxy) is 1. The lowest BCUT2D eigenvalue weighted by molar-refractivity contribution is 0.363. The minimum atomic E-state index is 0.901. The van der Waals surface area contributed by atoms with Crippen LogP contribution in [0.3, 0.4) is 0 Å². The summed E-state index contributed by atoms with van der Waals surface area (Å²) >= 11 is 0. The second-order valence-electron chi connectivity index (χ2n) is 5.30. The summed E-state index contributed by atoms with van der Waals surface area (Å²) in [6.45, 7) is 4.03. The summed E-state index contributed by atoms with van der Waals surface area (Å²) in [5.41, 5.74) is 3.82. The van der Waals surface area contributed by atoms with E-state index in [1.54, 1.807) is 7.11 Å². The van der Waals surface area contributed by atoms with E-state index in [-0.39, 0.29) is 0 Å². The molecule has 110 valence electrons. The van der Waals surface area contributed by atoms with Gasteiger partial charge in [0, 0.05) is 13.1 Å². The van der Waals surface area contributed by atoms with E-state index in [0.29, 0.717) is 0 Å². The number of rotatable bonds is 6. The van der Waals surface area contributed by atoms with Gasteiger partial charge in [0.15, 0.2) is 0 Å². The number of hydrogen-bond acceptors (Lipinski definition) is 2. The van der Waals surface area contributed by atoms with Gasteiger partial charge < -0.3 is 4.74 Å². The summed E-state index contributed by atoms with van der Waals surface area (Å²) in [5, 5.41) is 0. The third-order valence-corrected chi connectivity index (χ3v) is 3.53. The number of benzene rings is 2. The molecular weight excluding hydrogens is 258 g/mol. The van der Waals surface area contributed by atoms with E-state index >= 15 is 0 Å². The highest BCUT2D eigenvalue weighted by molar-refractivity contribution is 5.65. The van der Waals surface area contributed by atoms with E-state index in [1.807, 2.05) is 12.1 Å². The highest BCUT2D eigenvalue weighted by Gasteiger charge is 2.01. The van der Waals surface area contributed by atoms with E-state index in [0.717, 1.165) is 18.8 Å². The Morgan fingerprint density at radius 3 is 2.57 bits per heavy atom. The highest BCUT2D eigenvalue weighted by atomic mass is 16.5. The summed E-state index contributed by atoms with van der Waals surface area (Å²) in [5.74, 6) is 0.901. The summed E-state index contributed by atoms with van der Waals surface area (Å²) in [4.78, 5) is 2.30. The highest BCUT2D eigenvalue weighted by Crippen LogP contribution is 2.19. The van der Waals surface area contributed by atoms with Crippen molar-refractivity contribution >= 4 is 5.57 Å². The van der Waals surface area contributed by atoms with Crippen LogP contribution < -0.4 is 4.74 Å². The molecule has 2 aromatic rings. The zero-order chi connectivity index (χ0) is 15.1. The Kier molecular flexibility index (Phi) is 5.59. The van der Waals surface area contributed by atoms with Gasteiger partial charge in [0.1, 0.15) is 5.75 Å². The average molecular weight is 281 g/mol. The normalized spacial score (nSPS) is 11.7. The second-order valence-corrected chi connectivity index (χ2v) is 5.30. The van der Waals surface area contributed by atoms with E-state index in [1.165, 1.54) is 16.7 Å². The molecule has 0 atom stereocenters. The van der Waals surface area contributed by atoms with Crippen molar-refractivity contribution in [2.75, 3.05) is 20.7 Å². The Labute approximate surface area is 127 Å². The number of allylic oxidation sites excluding steroid dienone is 1. The van der Waals surface area contributed by atoms with Gasteiger partial charge in [-0.15, -0.1) is 0 Å². The molecule has 0 bridgehead atoms. The quantitative estimate of drug-likeness (QED) is 0.785. The average Bonchev–Trinajstić information content (AvgIpc) is 2.53. The van der Waals surface area contributed by atoms with Crippen molar-refractivity contribution < 1.29 is 4.74 Å². The van der Waals surface area contributed by atoms with E-state index in [4.69, 9.17) is 4.74 Å². The van der Waals surface area contributed by atoms with Gasteiger partial charge in [0.2, 0.25) is 0 Å². The van der Waals surface area contributed by atoms with Crippen molar-refractivity contribution in [2.45, 2.75) is 13.5 Å². The predicted octanol–water partition coefficient (Wildman–Crippen LogP) is 4.23. The topological polar surface area (TPSA) is 12.5 Å². The molecular formula is C19H23NO. The van der Waals surface area contributed by atoms with Crippen LogP contribution in [0.5, 0.6) is 5.75 Å². The van der Waals surface area contributed by atoms with Crippen molar-refractivity contribution in [3.8, 4) is 5.75 Å². The zero-order valence-electron chi connectivity index (χ0n) is 13.0. The van der Waals surface area contributed by atoms with E-state index in [9.17, 15) is 0 Å². The van der Waals surface area contributed by atoms with Crippen molar-refractivity contribution in [2.24, 2.45) is 0 Å². The maximum absolute atomic E-state index is 5.27. The Balaban J connectivity index is 1.96. The first-order chi connectivity index (χ1) is 10.2. The molecule has 0 saturated carbocycles. The Morgan fingerprint density at radius 2 is 1.86 bits per heavy atom. The van der Waals surface area contributed by atoms with Crippen molar-refractivity contribution in [3.63, 3.8) is 0 Å². The van der Waals surface area contributed by atoms with Gasteiger partial charge in [-0.25, -0.2) is 0 Å². The fourth-order valence-corrected chi connectivity index (χ4v) is 2.24. The molecule has 0 spiro atoms. The van der Waals surface area contributed by atoms with E-state index < -0.39 is 0 Å². The molecule has 0 aliphatic heterocycles. The fourth-order valence-electron chi connectivity index (χ4n) is 2.24. The monoisotopic (exact) mass is 281 g/mol. The second kappa shape index (κ2) is 7.65. The lowest BCUT2D eigenvalue weighted by atomic mass is 10.1. The summed E-state index contributed by atoms with van der Waals surface area (Å²) in [6.07, 6.45) is 2.26. The lowest BCUT2D eigenvalue weighted by Gasteiger charge is -2.15. The fraction of sp³-hybridized carbons (Fsp3) is 0.263. The van der Waals surface area contributed by atoms with Gasteiger partial charge in [-0.05, 0) is 42.8 Å². The minimum absolute atomic E-state index is 0.901. The van der Waals surface area contributed by atoms with Crippen LogP contribution in [0, 0.1) is 0 Å². The molecule has 21 heavy (non-hydrogen) atoms. The van der Waals surface area contributed by atoms with Gasteiger partial charge in [0.05, 0.1) is 7.11 Å². The number of methoxy groups -OCH3 is 1. The molecule has 2 rings (SSSR count). The SMILES string of the molecule is COc1cccc(/C(C)=C/CN(C)Cc2ccccc2)c1. The minimum Gasteiger partial charge on any atom is -0.497 e. The van der Waals surface area contributed by atoms with Crippen LogP contribution in [0.25, 0.3) is 5.57 Å². The molecule has 0 unspecified atom stereocenters. The van der Waals surface area contributed by atoms with Crippen LogP contribution >= 0.6 is 0 Å². The first-order valence-electron chi connectivity index (χ1n) is 7.22. The predicted molar refractivity (Wildman–Crippen MR) is 89.4 cm³/mol. The molecule has 2 nitrogen and oxygen atoms in total. The molecule has 0 heterocycles. The van der Waals surface area contributed by atoms with Crippen molar-refractivity contribution in [1.82, 2.24) is 4.90 Å². The first kappa shape index (κ1) is 15.3. The van der Waals surface area contributed by atoms with Crippen LogP contribution in [-0.4, -0.2) is 25.6 Å². The van der Waals surface area contributed by atoms with Gasteiger partial charge >= 0.3 is 0 Å². The lowest BCUT2D eigenvalue weighted by Crippen LogP contribution is -2.17. The maximum atomic E-state index is 5.27. The smallest absolute Gasteiger partial charge is 0.119 e. The number of nitrogens with zero attached hydrogens (tertiary/aromatic N) is 1. The van der Waals surface area contributed by atoms with Crippen LogP contribution in [0.15, 0.2) is 60.7 Å². The van der Waals surface area contributed by atoms with Crippen LogP contribution in [0.4, 0.5) is 0 Å². The standard InChI is InChI=1S/C19H23NO/c1-16(18-10-7-11-19(14-18)21-3)12-13-20(2)15-17-8-5-4-6-9-17/h4-12,14H,13,15H2,1-3H3/b16-12+. The summed E-state index contributed by atoms with van der Waals surface area (Å²) in [6, 6.07) is 18.7. The molecule has 0 aliphatic carbocycles. The number of hydrogen-bond donors (Lipinski definition) is 0. The van der Waals surface area contributed by atoms with Gasteiger partial charge in [0.25, 0.3) is 0 Å². The summed E-state index contributed by atoms with van der Waals surface area (Å²) < 4.78 is 5.27. The molecule has 0 aromatic heterocycles. The summed E-state index contributed by atoms with van der Waals surface area (Å²) in [7, 11) is 3.84. The Morgan fingerprint density at radius 1 is 1.10 bits per heavy atom. The van der Waals surface area contributed by atoms with Crippen molar-refractivity contribution in [3.05, 3.63) is 71.8 Å². The zero-order valence-corrected chi connectivity index (χ0v) is 13.0. The van der Waals surface area contributed by atoms with Gasteiger partial charge in [-0.3, -0.25) is 4.90 Å².